The number of ether oxygens (including phenoxy) is 1. The standard InChI is InChI=1S/C8H15F3N2O3/c9-8(10,11)6-13-7(15)12-2-1-4-16-5-3-14/h14H,1-6H2,(H2,12,13,15). The predicted molar refractivity (Wildman–Crippen MR) is 50.0 cm³/mol. The number of nitrogens with one attached hydrogen (secondary N) is 2. The number of hydrogen-bond acceptors (Lipinski definition) is 3. The lowest BCUT2D eigenvalue weighted by Gasteiger charge is -2.09. The van der Waals surface area contributed by atoms with Crippen LogP contribution in [0.25, 0.3) is 0 Å². The second-order valence-corrected chi connectivity index (χ2v) is 2.91. The van der Waals surface area contributed by atoms with Gasteiger partial charge in [-0.3, -0.25) is 0 Å². The molecule has 5 nitrogen and oxygen atoms in total. The Morgan fingerprint density at radius 2 is 1.94 bits per heavy atom. The SMILES string of the molecule is O=C(NCCCOCCO)NCC(F)(F)F. The molecule has 96 valence electrons. The molecule has 0 aliphatic heterocycles. The predicted octanol–water partition coefficient (Wildman–Crippen LogP) is 0.247. The fraction of sp³-hybridized carbons (Fsp3) is 0.875. The van der Waals surface area contributed by atoms with E-state index in [9.17, 15) is 18.0 Å². The summed E-state index contributed by atoms with van der Waals surface area (Å²) in [5.74, 6) is 0. The highest BCUT2D eigenvalue weighted by atomic mass is 19.4. The van der Waals surface area contributed by atoms with Gasteiger partial charge in [0.2, 0.25) is 0 Å². The number of rotatable bonds is 7. The molecule has 0 radical (unpaired) electrons. The molecule has 0 aromatic rings. The number of aliphatic hydroxyl groups is 1. The molecular weight excluding hydrogens is 229 g/mol. The summed E-state index contributed by atoms with van der Waals surface area (Å²) in [5.41, 5.74) is 0. The van der Waals surface area contributed by atoms with Crippen LogP contribution in [0.3, 0.4) is 0 Å². The molecule has 2 amide bonds. The minimum absolute atomic E-state index is 0.0838. The van der Waals surface area contributed by atoms with Crippen molar-refractivity contribution in [3.05, 3.63) is 0 Å². The van der Waals surface area contributed by atoms with Gasteiger partial charge in [-0.1, -0.05) is 0 Å². The van der Waals surface area contributed by atoms with Gasteiger partial charge in [-0.25, -0.2) is 4.79 Å². The van der Waals surface area contributed by atoms with Gasteiger partial charge in [-0.2, -0.15) is 13.2 Å². The maximum atomic E-state index is 11.7. The first-order chi connectivity index (χ1) is 7.45. The van der Waals surface area contributed by atoms with Crippen molar-refractivity contribution in [2.24, 2.45) is 0 Å². The molecule has 0 fully saturated rings. The van der Waals surface area contributed by atoms with E-state index in [4.69, 9.17) is 9.84 Å². The van der Waals surface area contributed by atoms with E-state index in [1.807, 2.05) is 0 Å². The Kier molecular flexibility index (Phi) is 7.65. The Morgan fingerprint density at radius 1 is 1.25 bits per heavy atom. The molecule has 3 N–H and O–H groups in total. The lowest BCUT2D eigenvalue weighted by Crippen LogP contribution is -2.41. The molecule has 16 heavy (non-hydrogen) atoms. The van der Waals surface area contributed by atoms with E-state index in [0.717, 1.165) is 0 Å². The second-order valence-electron chi connectivity index (χ2n) is 2.91. The lowest BCUT2D eigenvalue weighted by molar-refractivity contribution is -0.122. The van der Waals surface area contributed by atoms with E-state index in [1.165, 1.54) is 0 Å². The zero-order chi connectivity index (χ0) is 12.4. The number of amides is 2. The Hall–Kier alpha value is -1.02. The fourth-order valence-electron chi connectivity index (χ4n) is 0.786. The first-order valence-corrected chi connectivity index (χ1v) is 4.73. The normalized spacial score (nSPS) is 11.2. The van der Waals surface area contributed by atoms with Crippen molar-refractivity contribution in [2.75, 3.05) is 32.9 Å². The number of carbonyl (C=O) groups is 1. The number of urea groups is 1. The third-order valence-corrected chi connectivity index (χ3v) is 1.44. The van der Waals surface area contributed by atoms with Crippen LogP contribution in [-0.2, 0) is 4.74 Å². The van der Waals surface area contributed by atoms with E-state index < -0.39 is 18.8 Å². The molecule has 0 aliphatic rings. The molecule has 0 unspecified atom stereocenters. The molecule has 0 saturated heterocycles. The van der Waals surface area contributed by atoms with Crippen LogP contribution >= 0.6 is 0 Å². The number of carbonyl (C=O) groups excluding carboxylic acids is 1. The summed E-state index contributed by atoms with van der Waals surface area (Å²) in [6.07, 6.45) is -3.93. The van der Waals surface area contributed by atoms with Gasteiger partial charge in [0, 0.05) is 13.2 Å². The lowest BCUT2D eigenvalue weighted by atomic mass is 10.4. The first kappa shape index (κ1) is 15.0. The molecule has 0 aliphatic carbocycles. The Bertz CT molecular complexity index is 199. The van der Waals surface area contributed by atoms with Crippen molar-refractivity contribution in [3.63, 3.8) is 0 Å². The van der Waals surface area contributed by atoms with Gasteiger partial charge in [-0.05, 0) is 6.42 Å². The van der Waals surface area contributed by atoms with Crippen molar-refractivity contribution in [3.8, 4) is 0 Å². The zero-order valence-electron chi connectivity index (χ0n) is 8.64. The van der Waals surface area contributed by atoms with Crippen LogP contribution < -0.4 is 10.6 Å². The summed E-state index contributed by atoms with van der Waals surface area (Å²) in [7, 11) is 0. The minimum atomic E-state index is -4.40. The maximum Gasteiger partial charge on any atom is 0.405 e. The summed E-state index contributed by atoms with van der Waals surface area (Å²) in [6, 6.07) is -0.862. The molecule has 0 spiro atoms. The molecule has 0 aromatic heterocycles. The third kappa shape index (κ3) is 11.1. The summed E-state index contributed by atoms with van der Waals surface area (Å²) in [5, 5.41) is 12.3. The number of halogens is 3. The maximum absolute atomic E-state index is 11.7. The van der Waals surface area contributed by atoms with Crippen molar-refractivity contribution < 1.29 is 27.8 Å². The van der Waals surface area contributed by atoms with E-state index in [-0.39, 0.29) is 19.8 Å². The highest BCUT2D eigenvalue weighted by Crippen LogP contribution is 2.11. The van der Waals surface area contributed by atoms with Crippen LogP contribution in [-0.4, -0.2) is 50.2 Å². The van der Waals surface area contributed by atoms with Crippen LogP contribution in [0.2, 0.25) is 0 Å². The molecule has 0 heterocycles. The van der Waals surface area contributed by atoms with Crippen LogP contribution in [0.5, 0.6) is 0 Å². The molecule has 8 heteroatoms. The van der Waals surface area contributed by atoms with E-state index in [2.05, 4.69) is 5.32 Å². The van der Waals surface area contributed by atoms with Crippen molar-refractivity contribution >= 4 is 6.03 Å². The number of alkyl halides is 3. The summed E-state index contributed by atoms with van der Waals surface area (Å²) in [6.45, 7) is -0.672. The molecule has 0 atom stereocenters. The molecular formula is C8H15F3N2O3. The Morgan fingerprint density at radius 3 is 2.50 bits per heavy atom. The van der Waals surface area contributed by atoms with Crippen LogP contribution in [0.15, 0.2) is 0 Å². The molecule has 0 bridgehead atoms. The van der Waals surface area contributed by atoms with Gasteiger partial charge in [0.25, 0.3) is 0 Å². The van der Waals surface area contributed by atoms with Crippen molar-refractivity contribution in [1.82, 2.24) is 10.6 Å². The van der Waals surface area contributed by atoms with Crippen LogP contribution in [0.1, 0.15) is 6.42 Å². The van der Waals surface area contributed by atoms with Gasteiger partial charge >= 0.3 is 12.2 Å². The summed E-state index contributed by atoms with van der Waals surface area (Å²) in [4.78, 5) is 10.8. The second kappa shape index (κ2) is 8.17. The topological polar surface area (TPSA) is 70.6 Å². The highest BCUT2D eigenvalue weighted by molar-refractivity contribution is 5.73. The molecule has 0 saturated carbocycles. The third-order valence-electron chi connectivity index (χ3n) is 1.44. The van der Waals surface area contributed by atoms with Gasteiger partial charge < -0.3 is 20.5 Å². The number of hydrogen-bond donors (Lipinski definition) is 3. The first-order valence-electron chi connectivity index (χ1n) is 4.73. The minimum Gasteiger partial charge on any atom is -0.394 e. The largest absolute Gasteiger partial charge is 0.405 e. The molecule has 0 aromatic carbocycles. The smallest absolute Gasteiger partial charge is 0.394 e. The summed E-state index contributed by atoms with van der Waals surface area (Å²) < 4.78 is 39.8. The summed E-state index contributed by atoms with van der Waals surface area (Å²) >= 11 is 0. The highest BCUT2D eigenvalue weighted by Gasteiger charge is 2.27. The monoisotopic (exact) mass is 244 g/mol. The van der Waals surface area contributed by atoms with E-state index >= 15 is 0 Å². The van der Waals surface area contributed by atoms with Crippen LogP contribution in [0, 0.1) is 0 Å². The van der Waals surface area contributed by atoms with Gasteiger partial charge in [0.05, 0.1) is 13.2 Å². The number of aliphatic hydroxyl groups excluding tert-OH is 1. The fourth-order valence-corrected chi connectivity index (χ4v) is 0.786. The zero-order valence-corrected chi connectivity index (χ0v) is 8.64. The van der Waals surface area contributed by atoms with Crippen molar-refractivity contribution in [1.29, 1.82) is 0 Å². The van der Waals surface area contributed by atoms with E-state index in [1.54, 1.807) is 5.32 Å². The van der Waals surface area contributed by atoms with Crippen molar-refractivity contribution in [2.45, 2.75) is 12.6 Å². The quantitative estimate of drug-likeness (QED) is 0.562. The Balaban J connectivity index is 3.31. The Labute approximate surface area is 91.0 Å². The van der Waals surface area contributed by atoms with Gasteiger partial charge in [0.15, 0.2) is 0 Å². The average Bonchev–Trinajstić information content (AvgIpc) is 2.19. The van der Waals surface area contributed by atoms with Crippen LogP contribution in [0.4, 0.5) is 18.0 Å². The molecule has 0 rings (SSSR count). The van der Waals surface area contributed by atoms with E-state index in [0.29, 0.717) is 13.0 Å². The average molecular weight is 244 g/mol. The van der Waals surface area contributed by atoms with Gasteiger partial charge in [0.1, 0.15) is 6.54 Å². The van der Waals surface area contributed by atoms with Gasteiger partial charge in [-0.15, -0.1) is 0 Å².